The molecule has 0 aliphatic heterocycles. The number of benzene rings is 1. The molecule has 4 heteroatoms. The van der Waals surface area contributed by atoms with E-state index in [9.17, 15) is 4.53 Å². The third kappa shape index (κ3) is 2.02. The summed E-state index contributed by atoms with van der Waals surface area (Å²) in [4.78, 5) is 3.64. The van der Waals surface area contributed by atoms with E-state index in [1.807, 2.05) is 0 Å². The Morgan fingerprint density at radius 3 is 2.54 bits per heavy atom. The van der Waals surface area contributed by atoms with Gasteiger partial charge in [0, 0.05) is 4.53 Å². The number of halogens is 1. The predicted octanol–water partition coefficient (Wildman–Crippen LogP) is 2.36. The molecule has 3 nitrogen and oxygen atoms in total. The molecule has 13 heavy (non-hydrogen) atoms. The van der Waals surface area contributed by atoms with Gasteiger partial charge in [0.1, 0.15) is 0 Å². The van der Waals surface area contributed by atoms with Gasteiger partial charge in [-0.05, 0) is 19.1 Å². The zero-order chi connectivity index (χ0) is 9.68. The second-order valence-electron chi connectivity index (χ2n) is 2.30. The van der Waals surface area contributed by atoms with Crippen LogP contribution in [-0.4, -0.2) is 13.7 Å². The molecule has 0 heterocycles. The molecule has 1 aromatic rings. The fourth-order valence-corrected chi connectivity index (χ4v) is 1.00. The Labute approximate surface area is 75.9 Å². The van der Waals surface area contributed by atoms with E-state index in [2.05, 4.69) is 4.94 Å². The highest BCUT2D eigenvalue weighted by atomic mass is 19.3. The Morgan fingerprint density at radius 1 is 1.31 bits per heavy atom. The minimum Gasteiger partial charge on any atom is -0.493 e. The van der Waals surface area contributed by atoms with Crippen LogP contribution in [0.15, 0.2) is 18.2 Å². The second kappa shape index (κ2) is 4.54. The number of hydrogen-bond donors (Lipinski definition) is 0. The third-order valence-electron chi connectivity index (χ3n) is 1.53. The van der Waals surface area contributed by atoms with Crippen LogP contribution in [0.3, 0.4) is 0 Å². The molecule has 0 aromatic heterocycles. The topological polar surface area (TPSA) is 27.7 Å². The summed E-state index contributed by atoms with van der Waals surface area (Å²) in [5.41, 5.74) is 0. The highest BCUT2D eigenvalue weighted by molar-refractivity contribution is 5.50. The lowest BCUT2D eigenvalue weighted by atomic mass is 10.3. The van der Waals surface area contributed by atoms with E-state index >= 15 is 0 Å². The molecule has 0 bridgehead atoms. The van der Waals surface area contributed by atoms with Gasteiger partial charge in [0.2, 0.25) is 11.5 Å². The average molecular weight is 186 g/mol. The van der Waals surface area contributed by atoms with Gasteiger partial charge in [-0.3, -0.25) is 4.94 Å². The minimum absolute atomic E-state index is 0.0289. The van der Waals surface area contributed by atoms with Crippen LogP contribution in [0, 0.1) is 0 Å². The van der Waals surface area contributed by atoms with Gasteiger partial charge in [-0.1, -0.05) is 6.07 Å². The smallest absolute Gasteiger partial charge is 0.217 e. The van der Waals surface area contributed by atoms with Crippen molar-refractivity contribution in [2.75, 3.05) is 13.7 Å². The molecule has 1 rings (SSSR count). The van der Waals surface area contributed by atoms with Crippen molar-refractivity contribution in [3.8, 4) is 17.2 Å². The summed E-state index contributed by atoms with van der Waals surface area (Å²) in [5, 5.41) is 0. The average Bonchev–Trinajstić information content (AvgIpc) is 2.18. The number of ether oxygens (including phenoxy) is 2. The summed E-state index contributed by atoms with van der Waals surface area (Å²) in [6.07, 6.45) is 0. The molecule has 0 aliphatic rings. The third-order valence-corrected chi connectivity index (χ3v) is 1.53. The van der Waals surface area contributed by atoms with Crippen molar-refractivity contribution < 1.29 is 18.9 Å². The van der Waals surface area contributed by atoms with Gasteiger partial charge in [-0.15, -0.1) is 0 Å². The van der Waals surface area contributed by atoms with E-state index in [-0.39, 0.29) is 11.5 Å². The van der Waals surface area contributed by atoms with Gasteiger partial charge in [0.15, 0.2) is 5.75 Å². The largest absolute Gasteiger partial charge is 0.493 e. The van der Waals surface area contributed by atoms with Crippen LogP contribution in [0.4, 0.5) is 4.53 Å². The Hall–Kier alpha value is -1.45. The monoisotopic (exact) mass is 186 g/mol. The summed E-state index contributed by atoms with van der Waals surface area (Å²) >= 11 is 0. The summed E-state index contributed by atoms with van der Waals surface area (Å²) in [6, 6.07) is 4.76. The molecule has 0 fully saturated rings. The standard InChI is InChI=1S/C9H11FO3/c1-3-12-9-7(11-2)5-4-6-8(9)13-10/h4-6H,3H2,1-2H3. The minimum atomic E-state index is 0.0289. The van der Waals surface area contributed by atoms with Crippen molar-refractivity contribution >= 4 is 0 Å². The lowest BCUT2D eigenvalue weighted by Crippen LogP contribution is -1.96. The molecule has 0 saturated heterocycles. The zero-order valence-electron chi connectivity index (χ0n) is 7.54. The quantitative estimate of drug-likeness (QED) is 0.722. The first-order chi connectivity index (χ1) is 6.33. The molecular weight excluding hydrogens is 175 g/mol. The molecule has 72 valence electrons. The van der Waals surface area contributed by atoms with Gasteiger partial charge in [-0.2, -0.15) is 0 Å². The number of hydrogen-bond acceptors (Lipinski definition) is 3. The highest BCUT2D eigenvalue weighted by Crippen LogP contribution is 2.36. The van der Waals surface area contributed by atoms with E-state index < -0.39 is 0 Å². The molecule has 0 atom stereocenters. The predicted molar refractivity (Wildman–Crippen MR) is 45.9 cm³/mol. The van der Waals surface area contributed by atoms with Crippen molar-refractivity contribution in [2.24, 2.45) is 0 Å². The number of rotatable bonds is 4. The normalized spacial score (nSPS) is 9.46. The number of para-hydroxylation sites is 1. The summed E-state index contributed by atoms with van der Waals surface area (Å²) in [7, 11) is 1.49. The van der Waals surface area contributed by atoms with E-state index in [1.54, 1.807) is 19.1 Å². The Bertz CT molecular complexity index is 253. The first-order valence-corrected chi connectivity index (χ1v) is 3.91. The van der Waals surface area contributed by atoms with E-state index in [0.29, 0.717) is 12.4 Å². The molecular formula is C9H11FO3. The SMILES string of the molecule is CCOc1c(OC)cccc1OF. The maximum absolute atomic E-state index is 12.0. The zero-order valence-corrected chi connectivity index (χ0v) is 7.54. The van der Waals surface area contributed by atoms with E-state index in [4.69, 9.17) is 9.47 Å². The van der Waals surface area contributed by atoms with Crippen LogP contribution in [0.25, 0.3) is 0 Å². The summed E-state index contributed by atoms with van der Waals surface area (Å²) in [5.74, 6) is 0.771. The van der Waals surface area contributed by atoms with Gasteiger partial charge in [-0.25, -0.2) is 0 Å². The van der Waals surface area contributed by atoms with E-state index in [1.165, 1.54) is 13.2 Å². The lowest BCUT2D eigenvalue weighted by molar-refractivity contribution is -0.00984. The molecule has 0 N–H and O–H groups in total. The fraction of sp³-hybridized carbons (Fsp3) is 0.333. The van der Waals surface area contributed by atoms with E-state index in [0.717, 1.165) is 0 Å². The molecule has 1 aromatic carbocycles. The first-order valence-electron chi connectivity index (χ1n) is 3.91. The first kappa shape index (κ1) is 9.64. The van der Waals surface area contributed by atoms with Gasteiger partial charge >= 0.3 is 0 Å². The lowest BCUT2D eigenvalue weighted by Gasteiger charge is -2.10. The maximum atomic E-state index is 12.0. The van der Waals surface area contributed by atoms with Crippen LogP contribution in [-0.2, 0) is 0 Å². The number of methoxy groups -OCH3 is 1. The molecule has 0 amide bonds. The Balaban J connectivity index is 3.05. The second-order valence-corrected chi connectivity index (χ2v) is 2.30. The van der Waals surface area contributed by atoms with Crippen molar-refractivity contribution in [1.29, 1.82) is 0 Å². The van der Waals surface area contributed by atoms with Gasteiger partial charge < -0.3 is 9.47 Å². The molecule has 0 unspecified atom stereocenters. The highest BCUT2D eigenvalue weighted by Gasteiger charge is 2.11. The Morgan fingerprint density at radius 2 is 2.00 bits per heavy atom. The van der Waals surface area contributed by atoms with Crippen LogP contribution in [0.5, 0.6) is 17.2 Å². The van der Waals surface area contributed by atoms with Crippen molar-refractivity contribution in [2.45, 2.75) is 6.92 Å². The molecule has 0 aliphatic carbocycles. The van der Waals surface area contributed by atoms with Gasteiger partial charge in [0.25, 0.3) is 0 Å². The van der Waals surface area contributed by atoms with Crippen molar-refractivity contribution in [3.05, 3.63) is 18.2 Å². The molecule has 0 saturated carbocycles. The fourth-order valence-electron chi connectivity index (χ4n) is 1.00. The van der Waals surface area contributed by atoms with Crippen LogP contribution >= 0.6 is 0 Å². The van der Waals surface area contributed by atoms with Crippen LogP contribution in [0.1, 0.15) is 6.92 Å². The van der Waals surface area contributed by atoms with Crippen LogP contribution in [0.2, 0.25) is 0 Å². The Kier molecular flexibility index (Phi) is 3.37. The van der Waals surface area contributed by atoms with Crippen molar-refractivity contribution in [1.82, 2.24) is 0 Å². The molecule has 0 radical (unpaired) electrons. The van der Waals surface area contributed by atoms with Gasteiger partial charge in [0.05, 0.1) is 13.7 Å². The summed E-state index contributed by atoms with van der Waals surface area (Å²) < 4.78 is 22.1. The summed E-state index contributed by atoms with van der Waals surface area (Å²) in [6.45, 7) is 2.23. The molecule has 0 spiro atoms. The maximum Gasteiger partial charge on any atom is 0.217 e. The van der Waals surface area contributed by atoms with Crippen LogP contribution < -0.4 is 14.4 Å². The van der Waals surface area contributed by atoms with Crippen molar-refractivity contribution in [3.63, 3.8) is 0 Å².